The number of amides is 2. The van der Waals surface area contributed by atoms with Gasteiger partial charge >= 0.3 is 6.18 Å². The summed E-state index contributed by atoms with van der Waals surface area (Å²) in [6.07, 6.45) is -4.64. The van der Waals surface area contributed by atoms with E-state index in [0.29, 0.717) is 19.6 Å². The van der Waals surface area contributed by atoms with E-state index in [-0.39, 0.29) is 28.6 Å². The van der Waals surface area contributed by atoms with Crippen molar-refractivity contribution < 1.29 is 27.6 Å². The third kappa shape index (κ3) is 4.63. The maximum absolute atomic E-state index is 13.3. The van der Waals surface area contributed by atoms with Crippen LogP contribution in [0.5, 0.6) is 0 Å². The van der Waals surface area contributed by atoms with Gasteiger partial charge in [0.2, 0.25) is 5.91 Å². The van der Waals surface area contributed by atoms with E-state index in [9.17, 15) is 27.6 Å². The minimum Gasteiger partial charge on any atom is -0.331 e. The highest BCUT2D eigenvalue weighted by atomic mass is 19.4. The summed E-state index contributed by atoms with van der Waals surface area (Å²) in [5.41, 5.74) is 1.71. The number of nitrogens with one attached hydrogen (secondary N) is 2. The van der Waals surface area contributed by atoms with Gasteiger partial charge in [-0.2, -0.15) is 18.3 Å². The van der Waals surface area contributed by atoms with Crippen molar-refractivity contribution in [2.45, 2.75) is 39.0 Å². The summed E-state index contributed by atoms with van der Waals surface area (Å²) in [5, 5.41) is 14.0. The Balaban J connectivity index is 1.63. The molecule has 1 atom stereocenters. The maximum Gasteiger partial charge on any atom is 0.392 e. The Bertz CT molecular complexity index is 1200. The summed E-state index contributed by atoms with van der Waals surface area (Å²) in [6.45, 7) is 2.20. The molecule has 2 aromatic rings. The number of hydrogen-bond donors (Lipinski definition) is 2. The number of rotatable bonds is 5. The zero-order valence-electron chi connectivity index (χ0n) is 18.3. The zero-order chi connectivity index (χ0) is 24.6. The number of benzene rings is 1. The molecule has 0 bridgehead atoms. The molecule has 178 valence electrons. The van der Waals surface area contributed by atoms with Crippen LogP contribution < -0.4 is 5.32 Å². The second-order valence-electron chi connectivity index (χ2n) is 8.36. The zero-order valence-corrected chi connectivity index (χ0v) is 18.3. The van der Waals surface area contributed by atoms with Gasteiger partial charge in [0.05, 0.1) is 23.7 Å². The molecule has 1 aromatic carbocycles. The molecule has 1 aliphatic heterocycles. The minimum absolute atomic E-state index is 0.0786. The largest absolute Gasteiger partial charge is 0.392 e. The summed E-state index contributed by atoms with van der Waals surface area (Å²) >= 11 is 0. The number of halogens is 3. The fraction of sp³-hybridized carbons (Fsp3) is 0.348. The SMILES string of the molecule is CC(=O)NC1=C(c2cc3n(n2)CCN(Cc2ccc(C=N)cc2)C3=O)C(=O)CC(C(F)(F)F)C1. The van der Waals surface area contributed by atoms with Crippen molar-refractivity contribution in [2.75, 3.05) is 6.54 Å². The van der Waals surface area contributed by atoms with Crippen LogP contribution in [-0.4, -0.2) is 51.2 Å². The van der Waals surface area contributed by atoms with Crippen molar-refractivity contribution in [3.8, 4) is 0 Å². The average molecular weight is 473 g/mol. The van der Waals surface area contributed by atoms with Crippen LogP contribution in [0.1, 0.15) is 47.1 Å². The molecule has 1 unspecified atom stereocenters. The van der Waals surface area contributed by atoms with Crippen LogP contribution in [0.2, 0.25) is 0 Å². The summed E-state index contributed by atoms with van der Waals surface area (Å²) < 4.78 is 41.3. The highest BCUT2D eigenvalue weighted by Crippen LogP contribution is 2.40. The Morgan fingerprint density at radius 1 is 1.21 bits per heavy atom. The van der Waals surface area contributed by atoms with Gasteiger partial charge in [0.25, 0.3) is 5.91 Å². The van der Waals surface area contributed by atoms with Gasteiger partial charge in [0.15, 0.2) is 5.78 Å². The van der Waals surface area contributed by atoms with Gasteiger partial charge < -0.3 is 15.6 Å². The van der Waals surface area contributed by atoms with Crippen molar-refractivity contribution in [1.82, 2.24) is 20.0 Å². The van der Waals surface area contributed by atoms with Crippen molar-refractivity contribution in [1.29, 1.82) is 5.41 Å². The monoisotopic (exact) mass is 473 g/mol. The van der Waals surface area contributed by atoms with E-state index >= 15 is 0 Å². The normalized spacial score (nSPS) is 18.7. The van der Waals surface area contributed by atoms with Gasteiger partial charge in [-0.1, -0.05) is 24.3 Å². The van der Waals surface area contributed by atoms with Gasteiger partial charge in [-0.15, -0.1) is 0 Å². The first-order valence-corrected chi connectivity index (χ1v) is 10.6. The lowest BCUT2D eigenvalue weighted by Gasteiger charge is -2.27. The van der Waals surface area contributed by atoms with Crippen LogP contribution in [0.4, 0.5) is 13.2 Å². The van der Waals surface area contributed by atoms with Gasteiger partial charge in [-0.3, -0.25) is 19.1 Å². The number of aromatic nitrogens is 2. The molecule has 1 aromatic heterocycles. The predicted octanol–water partition coefficient (Wildman–Crippen LogP) is 2.93. The second-order valence-corrected chi connectivity index (χ2v) is 8.36. The molecular formula is C23H22F3N5O3. The van der Waals surface area contributed by atoms with Gasteiger partial charge in [0.1, 0.15) is 5.69 Å². The number of hydrogen-bond acceptors (Lipinski definition) is 5. The van der Waals surface area contributed by atoms with Crippen molar-refractivity contribution in [2.24, 2.45) is 5.92 Å². The summed E-state index contributed by atoms with van der Waals surface area (Å²) in [6, 6.07) is 8.60. The maximum atomic E-state index is 13.3. The molecule has 0 saturated carbocycles. The number of carbonyl (C=O) groups is 3. The molecular weight excluding hydrogens is 451 g/mol. The topological polar surface area (TPSA) is 108 Å². The fourth-order valence-electron chi connectivity index (χ4n) is 4.22. The van der Waals surface area contributed by atoms with Crippen LogP contribution in [0, 0.1) is 11.3 Å². The number of ketones is 1. The van der Waals surface area contributed by atoms with Gasteiger partial charge in [0, 0.05) is 44.8 Å². The highest BCUT2D eigenvalue weighted by molar-refractivity contribution is 6.22. The summed E-state index contributed by atoms with van der Waals surface area (Å²) in [7, 11) is 0. The number of alkyl halides is 3. The molecule has 2 N–H and O–H groups in total. The molecule has 2 aliphatic rings. The van der Waals surface area contributed by atoms with Crippen molar-refractivity contribution in [3.05, 3.63) is 58.5 Å². The van der Waals surface area contributed by atoms with Gasteiger partial charge in [-0.25, -0.2) is 0 Å². The van der Waals surface area contributed by atoms with E-state index in [1.54, 1.807) is 17.0 Å². The van der Waals surface area contributed by atoms with E-state index in [0.717, 1.165) is 18.1 Å². The number of Topliss-reactive ketones (excluding diaryl/α,β-unsaturated/α-hetero) is 1. The minimum atomic E-state index is -4.58. The molecule has 1 aliphatic carbocycles. The summed E-state index contributed by atoms with van der Waals surface area (Å²) in [5.74, 6) is -3.58. The molecule has 4 rings (SSSR count). The molecule has 0 radical (unpaired) electrons. The van der Waals surface area contributed by atoms with Crippen LogP contribution in [-0.2, 0) is 22.7 Å². The second kappa shape index (κ2) is 8.88. The highest BCUT2D eigenvalue weighted by Gasteiger charge is 2.45. The average Bonchev–Trinajstić information content (AvgIpc) is 3.19. The van der Waals surface area contributed by atoms with Crippen molar-refractivity contribution >= 4 is 29.4 Å². The smallest absolute Gasteiger partial charge is 0.331 e. The van der Waals surface area contributed by atoms with Crippen molar-refractivity contribution in [3.63, 3.8) is 0 Å². The fourth-order valence-corrected chi connectivity index (χ4v) is 4.22. The van der Waals surface area contributed by atoms with Gasteiger partial charge in [-0.05, 0) is 17.2 Å². The first kappa shape index (κ1) is 23.4. The standard InChI is InChI=1S/C23H22F3N5O3/c1-13(32)28-17-8-16(23(24,25)26)9-20(33)21(17)18-10-19-22(34)30(6-7-31(19)29-18)12-15-4-2-14(11-27)3-5-15/h2-5,10-11,16,27H,6-9,12H2,1H3,(H,28,32). The number of carbonyl (C=O) groups excluding carboxylic acids is 3. The number of allylic oxidation sites excluding steroid dienone is 2. The Morgan fingerprint density at radius 2 is 1.91 bits per heavy atom. The lowest BCUT2D eigenvalue weighted by molar-refractivity contribution is -0.178. The third-order valence-corrected chi connectivity index (χ3v) is 5.90. The van der Waals surface area contributed by atoms with E-state index in [1.807, 2.05) is 12.1 Å². The molecule has 8 nitrogen and oxygen atoms in total. The number of nitrogens with zero attached hydrogens (tertiary/aromatic N) is 3. The van der Waals surface area contributed by atoms with Crippen LogP contribution in [0.3, 0.4) is 0 Å². The molecule has 0 saturated heterocycles. The van der Waals surface area contributed by atoms with E-state index < -0.39 is 36.6 Å². The van der Waals surface area contributed by atoms with E-state index in [1.165, 1.54) is 17.0 Å². The quantitative estimate of drug-likeness (QED) is 0.651. The molecule has 11 heteroatoms. The lowest BCUT2D eigenvalue weighted by atomic mass is 9.84. The molecule has 2 amide bonds. The Kier molecular flexibility index (Phi) is 6.11. The first-order valence-electron chi connectivity index (χ1n) is 10.6. The third-order valence-electron chi connectivity index (χ3n) is 5.90. The van der Waals surface area contributed by atoms with Crippen LogP contribution >= 0.6 is 0 Å². The predicted molar refractivity (Wildman–Crippen MR) is 116 cm³/mol. The lowest BCUT2D eigenvalue weighted by Crippen LogP contribution is -2.39. The van der Waals surface area contributed by atoms with Crippen LogP contribution in [0.25, 0.3) is 5.57 Å². The Morgan fingerprint density at radius 3 is 2.53 bits per heavy atom. The molecule has 0 spiro atoms. The Labute approximate surface area is 192 Å². The molecule has 2 heterocycles. The molecule has 34 heavy (non-hydrogen) atoms. The first-order chi connectivity index (χ1) is 16.1. The molecule has 0 fully saturated rings. The summed E-state index contributed by atoms with van der Waals surface area (Å²) in [4.78, 5) is 39.0. The van der Waals surface area contributed by atoms with E-state index in [4.69, 9.17) is 5.41 Å². The van der Waals surface area contributed by atoms with Crippen LogP contribution in [0.15, 0.2) is 36.0 Å². The van der Waals surface area contributed by atoms with E-state index in [2.05, 4.69) is 10.4 Å². The Hall–Kier alpha value is -3.76. The number of fused-ring (bicyclic) bond motifs is 1.